The highest BCUT2D eigenvalue weighted by Crippen LogP contribution is 2.23. The average molecular weight is 324 g/mol. The van der Waals surface area contributed by atoms with Crippen LogP contribution in [0.1, 0.15) is 21.5 Å². The SMILES string of the molecule is COc1ccc2c(COC(=O)c3ccc(C)cc3)cc(=O)oc2c1. The molecule has 24 heavy (non-hydrogen) atoms. The molecule has 1 heterocycles. The maximum Gasteiger partial charge on any atom is 0.338 e. The smallest absolute Gasteiger partial charge is 0.338 e. The van der Waals surface area contributed by atoms with Gasteiger partial charge in [-0.3, -0.25) is 0 Å². The van der Waals surface area contributed by atoms with E-state index in [1.807, 2.05) is 19.1 Å². The first-order chi connectivity index (χ1) is 11.6. The van der Waals surface area contributed by atoms with Crippen LogP contribution in [0.3, 0.4) is 0 Å². The van der Waals surface area contributed by atoms with Crippen LogP contribution in [0, 0.1) is 6.92 Å². The third kappa shape index (κ3) is 3.30. The zero-order valence-corrected chi connectivity index (χ0v) is 13.4. The normalized spacial score (nSPS) is 10.6. The number of fused-ring (bicyclic) bond motifs is 1. The zero-order chi connectivity index (χ0) is 17.1. The first-order valence-electron chi connectivity index (χ1n) is 7.41. The summed E-state index contributed by atoms with van der Waals surface area (Å²) in [5.41, 5.74) is 2.01. The number of hydrogen-bond donors (Lipinski definition) is 0. The minimum Gasteiger partial charge on any atom is -0.497 e. The summed E-state index contributed by atoms with van der Waals surface area (Å²) in [6.45, 7) is 1.93. The maximum absolute atomic E-state index is 12.1. The lowest BCUT2D eigenvalue weighted by atomic mass is 10.1. The molecule has 0 aliphatic rings. The lowest BCUT2D eigenvalue weighted by Gasteiger charge is -2.08. The Hall–Kier alpha value is -3.08. The Morgan fingerprint density at radius 2 is 1.83 bits per heavy atom. The van der Waals surface area contributed by atoms with Crippen molar-refractivity contribution < 1.29 is 18.7 Å². The van der Waals surface area contributed by atoms with Gasteiger partial charge in [0.05, 0.1) is 12.7 Å². The van der Waals surface area contributed by atoms with Crippen molar-refractivity contribution in [3.63, 3.8) is 0 Å². The van der Waals surface area contributed by atoms with Crippen LogP contribution in [0.4, 0.5) is 0 Å². The largest absolute Gasteiger partial charge is 0.497 e. The van der Waals surface area contributed by atoms with E-state index in [0.717, 1.165) is 5.56 Å². The molecule has 0 atom stereocenters. The van der Waals surface area contributed by atoms with Crippen molar-refractivity contribution in [3.8, 4) is 5.75 Å². The van der Waals surface area contributed by atoms with Gasteiger partial charge >= 0.3 is 11.6 Å². The van der Waals surface area contributed by atoms with E-state index in [9.17, 15) is 9.59 Å². The van der Waals surface area contributed by atoms with E-state index in [1.165, 1.54) is 13.2 Å². The van der Waals surface area contributed by atoms with E-state index in [4.69, 9.17) is 13.9 Å². The molecule has 0 saturated heterocycles. The topological polar surface area (TPSA) is 65.7 Å². The molecule has 5 nitrogen and oxygen atoms in total. The Morgan fingerprint density at radius 1 is 1.08 bits per heavy atom. The van der Waals surface area contributed by atoms with Gasteiger partial charge in [-0.15, -0.1) is 0 Å². The molecule has 3 aromatic rings. The average Bonchev–Trinajstić information content (AvgIpc) is 2.59. The minimum absolute atomic E-state index is 0.0128. The molecular formula is C19H16O5. The first kappa shape index (κ1) is 15.8. The third-order valence-electron chi connectivity index (χ3n) is 3.68. The molecule has 0 aliphatic heterocycles. The van der Waals surface area contributed by atoms with Crippen molar-refractivity contribution in [1.82, 2.24) is 0 Å². The molecule has 0 bridgehead atoms. The van der Waals surface area contributed by atoms with Gasteiger partial charge in [-0.25, -0.2) is 9.59 Å². The molecule has 2 aromatic carbocycles. The predicted octanol–water partition coefficient (Wildman–Crippen LogP) is 3.47. The minimum atomic E-state index is -0.503. The fraction of sp³-hybridized carbons (Fsp3) is 0.158. The summed E-state index contributed by atoms with van der Waals surface area (Å²) in [5.74, 6) is 0.143. The third-order valence-corrected chi connectivity index (χ3v) is 3.68. The van der Waals surface area contributed by atoms with Gasteiger partial charge in [-0.1, -0.05) is 17.7 Å². The van der Waals surface area contributed by atoms with Gasteiger partial charge in [0, 0.05) is 23.1 Å². The highest BCUT2D eigenvalue weighted by atomic mass is 16.5. The van der Waals surface area contributed by atoms with Crippen LogP contribution < -0.4 is 10.4 Å². The molecule has 0 amide bonds. The van der Waals surface area contributed by atoms with Crippen LogP contribution in [-0.4, -0.2) is 13.1 Å². The number of aryl methyl sites for hydroxylation is 1. The molecule has 0 radical (unpaired) electrons. The van der Waals surface area contributed by atoms with Crippen LogP contribution in [0.5, 0.6) is 5.75 Å². The van der Waals surface area contributed by atoms with Crippen molar-refractivity contribution in [3.05, 3.63) is 75.6 Å². The fourth-order valence-corrected chi connectivity index (χ4v) is 2.37. The Morgan fingerprint density at radius 3 is 2.54 bits per heavy atom. The summed E-state index contributed by atoms with van der Waals surface area (Å²) in [7, 11) is 1.53. The lowest BCUT2D eigenvalue weighted by molar-refractivity contribution is 0.0474. The monoisotopic (exact) mass is 324 g/mol. The highest BCUT2D eigenvalue weighted by Gasteiger charge is 2.11. The molecule has 5 heteroatoms. The number of ether oxygens (including phenoxy) is 2. The standard InChI is InChI=1S/C19H16O5/c1-12-3-5-13(6-4-12)19(21)23-11-14-9-18(20)24-17-10-15(22-2)7-8-16(14)17/h3-10H,11H2,1-2H3. The molecule has 0 aliphatic carbocycles. The molecule has 0 N–H and O–H groups in total. The van der Waals surface area contributed by atoms with Gasteiger partial charge in [0.15, 0.2) is 0 Å². The van der Waals surface area contributed by atoms with Crippen molar-refractivity contribution in [1.29, 1.82) is 0 Å². The summed E-state index contributed by atoms with van der Waals surface area (Å²) in [5, 5.41) is 0.701. The molecule has 0 unspecified atom stereocenters. The van der Waals surface area contributed by atoms with Crippen molar-refractivity contribution in [2.75, 3.05) is 7.11 Å². The second-order valence-electron chi connectivity index (χ2n) is 5.39. The number of carbonyl (C=O) groups excluding carboxylic acids is 1. The van der Waals surface area contributed by atoms with E-state index < -0.39 is 11.6 Å². The zero-order valence-electron chi connectivity index (χ0n) is 13.4. The second kappa shape index (κ2) is 6.58. The van der Waals surface area contributed by atoms with E-state index in [1.54, 1.807) is 30.3 Å². The van der Waals surface area contributed by atoms with E-state index in [-0.39, 0.29) is 6.61 Å². The van der Waals surface area contributed by atoms with Crippen molar-refractivity contribution in [2.45, 2.75) is 13.5 Å². The van der Waals surface area contributed by atoms with Gasteiger partial charge in [0.25, 0.3) is 0 Å². The number of hydrogen-bond acceptors (Lipinski definition) is 5. The van der Waals surface area contributed by atoms with Crippen LogP contribution in [0.25, 0.3) is 11.0 Å². The van der Waals surface area contributed by atoms with Gasteiger partial charge in [0.1, 0.15) is 17.9 Å². The highest BCUT2D eigenvalue weighted by molar-refractivity contribution is 5.89. The Labute approximate surface area is 138 Å². The van der Waals surface area contributed by atoms with E-state index in [2.05, 4.69) is 0 Å². The summed E-state index contributed by atoms with van der Waals surface area (Å²) in [4.78, 5) is 23.8. The van der Waals surface area contributed by atoms with E-state index in [0.29, 0.717) is 27.8 Å². The quantitative estimate of drug-likeness (QED) is 0.543. The van der Waals surface area contributed by atoms with Gasteiger partial charge in [-0.05, 0) is 31.2 Å². The van der Waals surface area contributed by atoms with Crippen molar-refractivity contribution in [2.24, 2.45) is 0 Å². The Kier molecular flexibility index (Phi) is 4.33. The van der Waals surface area contributed by atoms with E-state index >= 15 is 0 Å². The molecule has 3 rings (SSSR count). The van der Waals surface area contributed by atoms with Crippen molar-refractivity contribution >= 4 is 16.9 Å². The van der Waals surface area contributed by atoms with Gasteiger partial charge < -0.3 is 13.9 Å². The summed E-state index contributed by atoms with van der Waals surface area (Å²) in [6.07, 6.45) is 0. The van der Waals surface area contributed by atoms with Gasteiger partial charge in [0.2, 0.25) is 0 Å². The number of methoxy groups -OCH3 is 1. The first-order valence-corrected chi connectivity index (χ1v) is 7.41. The molecule has 1 aromatic heterocycles. The van der Waals surface area contributed by atoms with Crippen LogP contribution in [-0.2, 0) is 11.3 Å². The lowest BCUT2D eigenvalue weighted by Crippen LogP contribution is -2.08. The Bertz CT molecular complexity index is 938. The maximum atomic E-state index is 12.1. The van der Waals surface area contributed by atoms with Crippen LogP contribution in [0.15, 0.2) is 57.7 Å². The second-order valence-corrected chi connectivity index (χ2v) is 5.39. The number of carbonyl (C=O) groups is 1. The molecule has 0 fully saturated rings. The number of benzene rings is 2. The Balaban J connectivity index is 1.85. The van der Waals surface area contributed by atoms with Crippen LogP contribution in [0.2, 0.25) is 0 Å². The molecule has 0 saturated carbocycles. The summed E-state index contributed by atoms with van der Waals surface area (Å²) < 4.78 is 15.6. The fourth-order valence-electron chi connectivity index (χ4n) is 2.37. The molecule has 0 spiro atoms. The van der Waals surface area contributed by atoms with Crippen LogP contribution >= 0.6 is 0 Å². The van der Waals surface area contributed by atoms with Gasteiger partial charge in [-0.2, -0.15) is 0 Å². The predicted molar refractivity (Wildman–Crippen MR) is 89.3 cm³/mol. The number of rotatable bonds is 4. The number of esters is 1. The summed E-state index contributed by atoms with van der Waals surface area (Å²) in [6, 6.07) is 13.6. The molecular weight excluding hydrogens is 308 g/mol. The summed E-state index contributed by atoms with van der Waals surface area (Å²) >= 11 is 0. The molecule has 122 valence electrons.